The maximum absolute atomic E-state index is 2.35. The van der Waals surface area contributed by atoms with Crippen LogP contribution in [0.15, 0.2) is 224 Å². The zero-order valence-electron chi connectivity index (χ0n) is 29.7. The van der Waals surface area contributed by atoms with Crippen LogP contribution in [0.5, 0.6) is 0 Å². The number of hydrogen-bond donors (Lipinski definition) is 0. The van der Waals surface area contributed by atoms with Gasteiger partial charge in [0.1, 0.15) is 0 Å². The van der Waals surface area contributed by atoms with Crippen LogP contribution in [-0.4, -0.2) is 0 Å². The first-order valence-electron chi connectivity index (χ1n) is 18.3. The summed E-state index contributed by atoms with van der Waals surface area (Å²) in [6, 6.07) is 80.6. The summed E-state index contributed by atoms with van der Waals surface area (Å²) in [4.78, 5) is 4.89. The van der Waals surface area contributed by atoms with Gasteiger partial charge in [-0.25, -0.2) is 0 Å². The van der Waals surface area contributed by atoms with Gasteiger partial charge >= 0.3 is 0 Å². The summed E-state index contributed by atoms with van der Waals surface area (Å²) in [6.07, 6.45) is 0. The van der Waals surface area contributed by atoms with E-state index in [2.05, 4.69) is 229 Å². The van der Waals surface area contributed by atoms with Crippen molar-refractivity contribution in [3.8, 4) is 65.4 Å². The van der Waals surface area contributed by atoms with Crippen molar-refractivity contribution >= 4 is 28.4 Å². The molecule has 0 N–H and O–H groups in total. The Kier molecular flexibility index (Phi) is 9.25. The summed E-state index contributed by atoms with van der Waals surface area (Å²) in [5.74, 6) is 0. The van der Waals surface area contributed by atoms with Crippen LogP contribution in [0.4, 0.5) is 17.1 Å². The smallest absolute Gasteiger partial charge is 0.0462 e. The fraction of sp³-hybridized carbons (Fsp3) is 0. The van der Waals surface area contributed by atoms with Gasteiger partial charge in [0.15, 0.2) is 0 Å². The second kappa shape index (κ2) is 15.1. The highest BCUT2D eigenvalue weighted by atomic mass is 32.1. The molecular weight excluding hydrogens is 671 g/mol. The summed E-state index contributed by atoms with van der Waals surface area (Å²) in [6.45, 7) is 0. The van der Waals surface area contributed by atoms with Crippen molar-refractivity contribution < 1.29 is 0 Å². The zero-order chi connectivity index (χ0) is 36.1. The van der Waals surface area contributed by atoms with E-state index in [0.29, 0.717) is 0 Å². The molecule has 1 aromatic heterocycles. The molecule has 0 saturated heterocycles. The van der Waals surface area contributed by atoms with Crippen LogP contribution in [0, 0.1) is 0 Å². The van der Waals surface area contributed by atoms with Crippen molar-refractivity contribution in [1.29, 1.82) is 0 Å². The third kappa shape index (κ3) is 7.04. The number of nitrogens with zero attached hydrogens (tertiary/aromatic N) is 1. The molecule has 0 saturated carbocycles. The number of rotatable bonds is 9. The minimum atomic E-state index is 1.11. The Balaban J connectivity index is 1.02. The molecule has 0 atom stereocenters. The largest absolute Gasteiger partial charge is 0.311 e. The molecule has 1 nitrogen and oxygen atoms in total. The van der Waals surface area contributed by atoms with Gasteiger partial charge in [-0.05, 0) is 104 Å². The first kappa shape index (κ1) is 33.1. The second-order valence-corrected chi connectivity index (χ2v) is 14.5. The van der Waals surface area contributed by atoms with Gasteiger partial charge < -0.3 is 4.90 Å². The van der Waals surface area contributed by atoms with E-state index in [9.17, 15) is 0 Å². The highest BCUT2D eigenvalue weighted by Crippen LogP contribution is 2.40. The van der Waals surface area contributed by atoms with Gasteiger partial charge in [-0.2, -0.15) is 0 Å². The summed E-state index contributed by atoms with van der Waals surface area (Å²) in [5.41, 5.74) is 15.5. The Bertz CT molecular complexity index is 2450. The van der Waals surface area contributed by atoms with Crippen LogP contribution in [0.2, 0.25) is 0 Å². The normalized spacial score (nSPS) is 11.0. The highest BCUT2D eigenvalue weighted by Gasteiger charge is 2.15. The highest BCUT2D eigenvalue weighted by molar-refractivity contribution is 7.18. The molecule has 9 rings (SSSR count). The average Bonchev–Trinajstić information content (AvgIpc) is 3.76. The summed E-state index contributed by atoms with van der Waals surface area (Å²) >= 11 is 1.83. The van der Waals surface area contributed by atoms with Gasteiger partial charge in [0.05, 0.1) is 0 Å². The monoisotopic (exact) mass is 707 g/mol. The topological polar surface area (TPSA) is 3.24 Å². The lowest BCUT2D eigenvalue weighted by Crippen LogP contribution is -2.09. The van der Waals surface area contributed by atoms with Crippen molar-refractivity contribution in [2.75, 3.05) is 4.90 Å². The molecule has 0 bridgehead atoms. The molecule has 1 heterocycles. The molecule has 0 aliphatic rings. The van der Waals surface area contributed by atoms with E-state index >= 15 is 0 Å². The van der Waals surface area contributed by atoms with Gasteiger partial charge in [-0.3, -0.25) is 0 Å². The lowest BCUT2D eigenvalue weighted by Gasteiger charge is -2.26. The molecule has 0 unspecified atom stereocenters. The molecular formula is C52H37NS. The van der Waals surface area contributed by atoms with E-state index in [1.54, 1.807) is 0 Å². The van der Waals surface area contributed by atoms with Crippen LogP contribution in [0.1, 0.15) is 0 Å². The van der Waals surface area contributed by atoms with E-state index in [-0.39, 0.29) is 0 Å². The van der Waals surface area contributed by atoms with Gasteiger partial charge in [0.25, 0.3) is 0 Å². The average molecular weight is 708 g/mol. The van der Waals surface area contributed by atoms with Gasteiger partial charge in [0.2, 0.25) is 0 Å². The standard InChI is InChI=1S/C52H37NS/c1-4-10-38(11-5-1)40-16-20-42(21-17-40)44-24-30-48(31-25-44)53(50-34-28-47(29-35-50)52-37-36-51(54-52)46-14-8-3-9-15-46)49-32-26-45(27-33-49)43-22-18-41(19-23-43)39-12-6-2-7-13-39/h1-37H. The Hall–Kier alpha value is -6.74. The van der Waals surface area contributed by atoms with E-state index in [1.165, 1.54) is 65.4 Å². The molecule has 0 amide bonds. The Morgan fingerprint density at radius 1 is 0.204 bits per heavy atom. The fourth-order valence-corrected chi connectivity index (χ4v) is 8.07. The Morgan fingerprint density at radius 2 is 0.426 bits per heavy atom. The zero-order valence-corrected chi connectivity index (χ0v) is 30.5. The van der Waals surface area contributed by atoms with Crippen LogP contribution < -0.4 is 4.90 Å². The van der Waals surface area contributed by atoms with E-state index in [1.807, 2.05) is 11.3 Å². The molecule has 0 aliphatic carbocycles. The first-order chi connectivity index (χ1) is 26.7. The predicted octanol–water partition coefficient (Wildman–Crippen LogP) is 15.2. The molecule has 8 aromatic carbocycles. The minimum Gasteiger partial charge on any atom is -0.311 e. The quantitative estimate of drug-likeness (QED) is 0.144. The number of thiophene rings is 1. The number of anilines is 3. The van der Waals surface area contributed by atoms with Gasteiger partial charge in [-0.1, -0.05) is 176 Å². The summed E-state index contributed by atoms with van der Waals surface area (Å²) < 4.78 is 0. The molecule has 256 valence electrons. The number of benzene rings is 8. The van der Waals surface area contributed by atoms with Gasteiger partial charge in [-0.15, -0.1) is 11.3 Å². The predicted molar refractivity (Wildman–Crippen MR) is 232 cm³/mol. The summed E-state index contributed by atoms with van der Waals surface area (Å²) in [5, 5.41) is 0. The third-order valence-electron chi connectivity index (χ3n) is 9.98. The molecule has 2 heteroatoms. The van der Waals surface area contributed by atoms with E-state index in [4.69, 9.17) is 0 Å². The van der Waals surface area contributed by atoms with Crippen molar-refractivity contribution in [1.82, 2.24) is 0 Å². The van der Waals surface area contributed by atoms with Crippen LogP contribution in [0.25, 0.3) is 65.4 Å². The SMILES string of the molecule is c1ccc(-c2ccc(-c3ccc(N(c4ccc(-c5ccc(-c6ccccc6)cc5)cc4)c4ccc(-c5ccc(-c6ccccc6)s5)cc4)cc3)cc2)cc1. The minimum absolute atomic E-state index is 1.11. The van der Waals surface area contributed by atoms with Crippen molar-refractivity contribution in [3.63, 3.8) is 0 Å². The van der Waals surface area contributed by atoms with E-state index < -0.39 is 0 Å². The lowest BCUT2D eigenvalue weighted by molar-refractivity contribution is 1.28. The summed E-state index contributed by atoms with van der Waals surface area (Å²) in [7, 11) is 0. The third-order valence-corrected chi connectivity index (χ3v) is 11.2. The molecule has 0 spiro atoms. The van der Waals surface area contributed by atoms with Crippen molar-refractivity contribution in [3.05, 3.63) is 224 Å². The molecule has 0 fully saturated rings. The van der Waals surface area contributed by atoms with Crippen LogP contribution in [-0.2, 0) is 0 Å². The maximum Gasteiger partial charge on any atom is 0.0462 e. The Labute approximate surface area is 321 Å². The van der Waals surface area contributed by atoms with Crippen LogP contribution in [0.3, 0.4) is 0 Å². The van der Waals surface area contributed by atoms with Crippen molar-refractivity contribution in [2.45, 2.75) is 0 Å². The first-order valence-corrected chi connectivity index (χ1v) is 19.1. The molecule has 9 aromatic rings. The molecule has 0 radical (unpaired) electrons. The lowest BCUT2D eigenvalue weighted by atomic mass is 9.99. The maximum atomic E-state index is 2.35. The fourth-order valence-electron chi connectivity index (χ4n) is 7.05. The molecule has 0 aliphatic heterocycles. The number of hydrogen-bond acceptors (Lipinski definition) is 2. The molecule has 54 heavy (non-hydrogen) atoms. The van der Waals surface area contributed by atoms with Crippen molar-refractivity contribution in [2.24, 2.45) is 0 Å². The van der Waals surface area contributed by atoms with Gasteiger partial charge in [0, 0.05) is 26.8 Å². The van der Waals surface area contributed by atoms with E-state index in [0.717, 1.165) is 17.1 Å². The van der Waals surface area contributed by atoms with Crippen LogP contribution >= 0.6 is 11.3 Å². The Morgan fingerprint density at radius 3 is 0.741 bits per heavy atom. The second-order valence-electron chi connectivity index (χ2n) is 13.4.